The molecule has 1 aliphatic rings. The van der Waals surface area contributed by atoms with Crippen molar-refractivity contribution in [2.24, 2.45) is 0 Å². The molecule has 0 fully saturated rings. The summed E-state index contributed by atoms with van der Waals surface area (Å²) in [6.45, 7) is 0. The van der Waals surface area contributed by atoms with E-state index in [0.717, 1.165) is 22.6 Å². The van der Waals surface area contributed by atoms with Crippen molar-refractivity contribution >= 4 is 34.3 Å². The molecule has 8 nitrogen and oxygen atoms in total. The van der Waals surface area contributed by atoms with Gasteiger partial charge in [-0.2, -0.15) is 10.1 Å². The van der Waals surface area contributed by atoms with Gasteiger partial charge in [-0.25, -0.2) is 4.68 Å². The molecule has 0 saturated heterocycles. The van der Waals surface area contributed by atoms with Gasteiger partial charge in [0.15, 0.2) is 5.65 Å². The Balaban J connectivity index is 1.55. The average molecular weight is 372 g/mol. The molecule has 0 atom stereocenters. The number of para-hydroxylation sites is 1. The summed E-state index contributed by atoms with van der Waals surface area (Å²) in [6, 6.07) is 15.1. The van der Waals surface area contributed by atoms with Crippen LogP contribution in [0.2, 0.25) is 0 Å². The van der Waals surface area contributed by atoms with E-state index in [-0.39, 0.29) is 11.5 Å². The molecule has 4 aromatic rings. The lowest BCUT2D eigenvalue weighted by atomic mass is 10.1. The van der Waals surface area contributed by atoms with E-state index < -0.39 is 0 Å². The third-order valence-corrected chi connectivity index (χ3v) is 4.86. The summed E-state index contributed by atoms with van der Waals surface area (Å²) in [6.07, 6.45) is 1.87. The Labute approximate surface area is 159 Å². The summed E-state index contributed by atoms with van der Waals surface area (Å²) in [5, 5.41) is 7.84. The van der Waals surface area contributed by atoms with E-state index in [1.54, 1.807) is 16.6 Å². The van der Waals surface area contributed by atoms with Crippen LogP contribution in [0, 0.1) is 0 Å². The molecule has 138 valence electrons. The number of hydrogen-bond acceptors (Lipinski definition) is 5. The SMILES string of the molecule is CN1C(=O)Cc2cc(Nc3nc4c(cnn4-c4ccccc4)c(=O)[nH]3)ccc21. The zero-order valence-electron chi connectivity index (χ0n) is 15.0. The lowest BCUT2D eigenvalue weighted by Gasteiger charge is -2.11. The van der Waals surface area contributed by atoms with Gasteiger partial charge in [0.2, 0.25) is 11.9 Å². The molecule has 2 N–H and O–H groups in total. The van der Waals surface area contributed by atoms with Crippen molar-refractivity contribution in [1.82, 2.24) is 19.7 Å². The molecule has 0 radical (unpaired) electrons. The van der Waals surface area contributed by atoms with Crippen LogP contribution in [0.15, 0.2) is 59.5 Å². The summed E-state index contributed by atoms with van der Waals surface area (Å²) in [5.41, 5.74) is 3.60. The molecule has 0 unspecified atom stereocenters. The summed E-state index contributed by atoms with van der Waals surface area (Å²) < 4.78 is 1.63. The normalized spacial score (nSPS) is 13.2. The number of anilines is 3. The standard InChI is InChI=1S/C20H16N6O2/c1-25-16-8-7-13(9-12(16)10-17(25)27)22-20-23-18-15(19(28)24-20)11-21-26(18)14-5-3-2-4-6-14/h2-9,11H,10H2,1H3,(H2,22,23,24,28). The van der Waals surface area contributed by atoms with Gasteiger partial charge in [0.25, 0.3) is 5.56 Å². The molecule has 2 aromatic heterocycles. The second-order valence-corrected chi connectivity index (χ2v) is 6.64. The van der Waals surface area contributed by atoms with Crippen molar-refractivity contribution in [2.45, 2.75) is 6.42 Å². The third-order valence-electron chi connectivity index (χ3n) is 4.86. The quantitative estimate of drug-likeness (QED) is 0.576. The predicted molar refractivity (Wildman–Crippen MR) is 106 cm³/mol. The molecule has 0 spiro atoms. The van der Waals surface area contributed by atoms with E-state index in [1.807, 2.05) is 48.5 Å². The number of hydrogen-bond donors (Lipinski definition) is 2. The number of benzene rings is 2. The maximum atomic E-state index is 12.5. The van der Waals surface area contributed by atoms with Crippen LogP contribution >= 0.6 is 0 Å². The molecule has 8 heteroatoms. The van der Waals surface area contributed by atoms with Crippen LogP contribution in [0.25, 0.3) is 16.7 Å². The van der Waals surface area contributed by atoms with Gasteiger partial charge in [0.05, 0.1) is 18.3 Å². The van der Waals surface area contributed by atoms with Crippen LogP contribution < -0.4 is 15.8 Å². The van der Waals surface area contributed by atoms with E-state index in [4.69, 9.17) is 0 Å². The second kappa shape index (κ2) is 6.05. The van der Waals surface area contributed by atoms with Crippen molar-refractivity contribution in [3.05, 3.63) is 70.6 Å². The molecule has 0 saturated carbocycles. The van der Waals surface area contributed by atoms with Gasteiger partial charge in [0.1, 0.15) is 5.39 Å². The Kier molecular flexibility index (Phi) is 3.51. The predicted octanol–water partition coefficient (Wildman–Crippen LogP) is 2.37. The summed E-state index contributed by atoms with van der Waals surface area (Å²) in [4.78, 5) is 33.3. The van der Waals surface area contributed by atoms with E-state index in [9.17, 15) is 9.59 Å². The minimum Gasteiger partial charge on any atom is -0.326 e. The molecule has 28 heavy (non-hydrogen) atoms. The van der Waals surface area contributed by atoms with Crippen molar-refractivity contribution in [3.63, 3.8) is 0 Å². The lowest BCUT2D eigenvalue weighted by Crippen LogP contribution is -2.20. The minimum atomic E-state index is -0.272. The number of likely N-dealkylation sites (N-methyl/N-ethyl adjacent to an activating group) is 1. The number of nitrogens with zero attached hydrogens (tertiary/aromatic N) is 4. The number of fused-ring (bicyclic) bond motifs is 2. The van der Waals surface area contributed by atoms with E-state index >= 15 is 0 Å². The lowest BCUT2D eigenvalue weighted by molar-refractivity contribution is -0.117. The van der Waals surface area contributed by atoms with Gasteiger partial charge < -0.3 is 10.2 Å². The first-order valence-electron chi connectivity index (χ1n) is 8.80. The number of aromatic amines is 1. The summed E-state index contributed by atoms with van der Waals surface area (Å²) in [7, 11) is 1.76. The smallest absolute Gasteiger partial charge is 0.263 e. The monoisotopic (exact) mass is 372 g/mol. The van der Waals surface area contributed by atoms with Crippen LogP contribution in [0.5, 0.6) is 0 Å². The molecular formula is C20H16N6O2. The number of nitrogens with one attached hydrogen (secondary N) is 2. The maximum absolute atomic E-state index is 12.5. The zero-order chi connectivity index (χ0) is 19.3. The number of aromatic nitrogens is 4. The Bertz CT molecular complexity index is 1280. The van der Waals surface area contributed by atoms with Crippen LogP contribution in [0.3, 0.4) is 0 Å². The first-order valence-corrected chi connectivity index (χ1v) is 8.80. The average Bonchev–Trinajstić information content (AvgIpc) is 3.24. The van der Waals surface area contributed by atoms with E-state index in [0.29, 0.717) is 23.4 Å². The number of carbonyl (C=O) groups is 1. The molecule has 0 bridgehead atoms. The van der Waals surface area contributed by atoms with E-state index in [2.05, 4.69) is 20.4 Å². The second-order valence-electron chi connectivity index (χ2n) is 6.64. The molecular weight excluding hydrogens is 356 g/mol. The molecule has 2 aromatic carbocycles. The number of H-pyrrole nitrogens is 1. The minimum absolute atomic E-state index is 0.0619. The Morgan fingerprint density at radius 1 is 1.11 bits per heavy atom. The highest BCUT2D eigenvalue weighted by Gasteiger charge is 2.24. The topological polar surface area (TPSA) is 95.9 Å². The number of carbonyl (C=O) groups excluding carboxylic acids is 1. The van der Waals surface area contributed by atoms with Crippen molar-refractivity contribution in [2.75, 3.05) is 17.3 Å². The van der Waals surface area contributed by atoms with Crippen molar-refractivity contribution < 1.29 is 4.79 Å². The fourth-order valence-electron chi connectivity index (χ4n) is 3.42. The first-order chi connectivity index (χ1) is 13.6. The van der Waals surface area contributed by atoms with Gasteiger partial charge >= 0.3 is 0 Å². The van der Waals surface area contributed by atoms with Crippen molar-refractivity contribution in [3.8, 4) is 5.69 Å². The van der Waals surface area contributed by atoms with Gasteiger partial charge in [-0.1, -0.05) is 18.2 Å². The van der Waals surface area contributed by atoms with Crippen LogP contribution in [-0.4, -0.2) is 32.7 Å². The third kappa shape index (κ3) is 2.54. The van der Waals surface area contributed by atoms with Crippen LogP contribution in [-0.2, 0) is 11.2 Å². The van der Waals surface area contributed by atoms with Crippen LogP contribution in [0.4, 0.5) is 17.3 Å². The zero-order valence-corrected chi connectivity index (χ0v) is 15.0. The Hall–Kier alpha value is -3.94. The highest BCUT2D eigenvalue weighted by molar-refractivity contribution is 6.01. The molecule has 1 amide bonds. The highest BCUT2D eigenvalue weighted by Crippen LogP contribution is 2.30. The molecule has 3 heterocycles. The fraction of sp³-hybridized carbons (Fsp3) is 0.100. The van der Waals surface area contributed by atoms with Crippen molar-refractivity contribution in [1.29, 1.82) is 0 Å². The molecule has 1 aliphatic heterocycles. The number of rotatable bonds is 3. The molecule has 5 rings (SSSR count). The fourth-order valence-corrected chi connectivity index (χ4v) is 3.42. The Morgan fingerprint density at radius 2 is 1.93 bits per heavy atom. The first kappa shape index (κ1) is 16.2. The van der Waals surface area contributed by atoms with Gasteiger partial charge in [-0.05, 0) is 35.9 Å². The van der Waals surface area contributed by atoms with Gasteiger partial charge in [0, 0.05) is 18.4 Å². The van der Waals surface area contributed by atoms with Crippen LogP contribution in [0.1, 0.15) is 5.56 Å². The highest BCUT2D eigenvalue weighted by atomic mass is 16.2. The molecule has 0 aliphatic carbocycles. The summed E-state index contributed by atoms with van der Waals surface area (Å²) >= 11 is 0. The maximum Gasteiger partial charge on any atom is 0.263 e. The van der Waals surface area contributed by atoms with E-state index in [1.165, 1.54) is 6.20 Å². The number of amides is 1. The largest absolute Gasteiger partial charge is 0.326 e. The van der Waals surface area contributed by atoms with Gasteiger partial charge in [-0.3, -0.25) is 14.6 Å². The summed E-state index contributed by atoms with van der Waals surface area (Å²) in [5.74, 6) is 0.375. The van der Waals surface area contributed by atoms with Gasteiger partial charge in [-0.15, -0.1) is 0 Å². The Morgan fingerprint density at radius 3 is 2.75 bits per heavy atom.